The van der Waals surface area contributed by atoms with Crippen molar-refractivity contribution in [3.05, 3.63) is 17.5 Å². The van der Waals surface area contributed by atoms with Gasteiger partial charge in [-0.3, -0.25) is 5.10 Å². The summed E-state index contributed by atoms with van der Waals surface area (Å²) in [6.07, 6.45) is 7.11. The van der Waals surface area contributed by atoms with E-state index in [1.165, 1.54) is 32.1 Å². The molecule has 15 heavy (non-hydrogen) atoms. The van der Waals surface area contributed by atoms with Crippen molar-refractivity contribution in [1.82, 2.24) is 15.5 Å². The van der Waals surface area contributed by atoms with Crippen LogP contribution in [0.1, 0.15) is 43.5 Å². The SMILES string of the molecule is Cc1cc(CNCC2CCCCC2)n[nH]1. The van der Waals surface area contributed by atoms with Crippen molar-refractivity contribution in [3.63, 3.8) is 0 Å². The van der Waals surface area contributed by atoms with Gasteiger partial charge < -0.3 is 5.32 Å². The highest BCUT2D eigenvalue weighted by molar-refractivity contribution is 5.06. The van der Waals surface area contributed by atoms with Crippen molar-refractivity contribution in [1.29, 1.82) is 0 Å². The highest BCUT2D eigenvalue weighted by Gasteiger charge is 2.12. The molecule has 1 aromatic heterocycles. The van der Waals surface area contributed by atoms with Gasteiger partial charge in [-0.05, 0) is 38.3 Å². The first-order valence-electron chi connectivity index (χ1n) is 6.06. The maximum absolute atomic E-state index is 4.21. The van der Waals surface area contributed by atoms with Crippen molar-refractivity contribution in [2.45, 2.75) is 45.6 Å². The molecule has 1 aromatic rings. The molecule has 0 saturated heterocycles. The fourth-order valence-electron chi connectivity index (χ4n) is 2.36. The molecule has 2 N–H and O–H groups in total. The van der Waals surface area contributed by atoms with Crippen LogP contribution in [0.15, 0.2) is 6.07 Å². The molecule has 0 amide bonds. The van der Waals surface area contributed by atoms with E-state index in [2.05, 4.69) is 21.6 Å². The Morgan fingerprint density at radius 3 is 2.87 bits per heavy atom. The molecule has 1 saturated carbocycles. The van der Waals surface area contributed by atoms with Crippen molar-refractivity contribution in [2.24, 2.45) is 5.92 Å². The van der Waals surface area contributed by atoms with Gasteiger partial charge in [-0.15, -0.1) is 0 Å². The maximum atomic E-state index is 4.21. The summed E-state index contributed by atoms with van der Waals surface area (Å²) in [7, 11) is 0. The average Bonchev–Trinajstić information content (AvgIpc) is 2.66. The highest BCUT2D eigenvalue weighted by Crippen LogP contribution is 2.22. The number of aromatic nitrogens is 2. The Kier molecular flexibility index (Phi) is 3.78. The topological polar surface area (TPSA) is 40.7 Å². The fraction of sp³-hybridized carbons (Fsp3) is 0.750. The summed E-state index contributed by atoms with van der Waals surface area (Å²) in [6.45, 7) is 4.10. The Balaban J connectivity index is 1.65. The van der Waals surface area contributed by atoms with E-state index in [1.54, 1.807) is 0 Å². The van der Waals surface area contributed by atoms with Crippen molar-refractivity contribution >= 4 is 0 Å². The monoisotopic (exact) mass is 207 g/mol. The van der Waals surface area contributed by atoms with Crippen LogP contribution >= 0.6 is 0 Å². The van der Waals surface area contributed by atoms with Gasteiger partial charge in [-0.1, -0.05) is 19.3 Å². The molecule has 3 heteroatoms. The van der Waals surface area contributed by atoms with Gasteiger partial charge in [0.05, 0.1) is 5.69 Å². The smallest absolute Gasteiger partial charge is 0.0762 e. The van der Waals surface area contributed by atoms with Gasteiger partial charge in [0.1, 0.15) is 0 Å². The Morgan fingerprint density at radius 1 is 1.40 bits per heavy atom. The summed E-state index contributed by atoms with van der Waals surface area (Å²) in [4.78, 5) is 0. The van der Waals surface area contributed by atoms with Crippen molar-refractivity contribution in [2.75, 3.05) is 6.54 Å². The minimum atomic E-state index is 0.902. The third-order valence-corrected chi connectivity index (χ3v) is 3.22. The molecule has 0 aliphatic heterocycles. The number of rotatable bonds is 4. The summed E-state index contributed by atoms with van der Waals surface area (Å²) < 4.78 is 0. The molecule has 0 bridgehead atoms. The number of aryl methyl sites for hydroxylation is 1. The molecule has 0 unspecified atom stereocenters. The second-order valence-electron chi connectivity index (χ2n) is 4.68. The second-order valence-corrected chi connectivity index (χ2v) is 4.68. The Bertz CT molecular complexity index is 287. The lowest BCUT2D eigenvalue weighted by Gasteiger charge is -2.21. The van der Waals surface area contributed by atoms with E-state index in [1.807, 2.05) is 6.92 Å². The summed E-state index contributed by atoms with van der Waals surface area (Å²) in [5.41, 5.74) is 2.27. The van der Waals surface area contributed by atoms with E-state index < -0.39 is 0 Å². The standard InChI is InChI=1S/C12H21N3/c1-10-7-12(15-14-10)9-13-8-11-5-3-2-4-6-11/h7,11,13H,2-6,8-9H2,1H3,(H,14,15). The largest absolute Gasteiger partial charge is 0.311 e. The van der Waals surface area contributed by atoms with Crippen LogP contribution in [0, 0.1) is 12.8 Å². The Morgan fingerprint density at radius 2 is 2.20 bits per heavy atom. The molecule has 2 rings (SSSR count). The number of nitrogens with one attached hydrogen (secondary N) is 2. The molecule has 0 radical (unpaired) electrons. The number of H-pyrrole nitrogens is 1. The van der Waals surface area contributed by atoms with Crippen LogP contribution in [0.2, 0.25) is 0 Å². The van der Waals surface area contributed by atoms with Crippen LogP contribution in [-0.4, -0.2) is 16.7 Å². The zero-order valence-corrected chi connectivity index (χ0v) is 9.55. The van der Waals surface area contributed by atoms with Gasteiger partial charge in [0.2, 0.25) is 0 Å². The first-order valence-corrected chi connectivity index (χ1v) is 6.06. The third kappa shape index (κ3) is 3.34. The molecular formula is C12H21N3. The molecule has 1 fully saturated rings. The third-order valence-electron chi connectivity index (χ3n) is 3.22. The first-order chi connectivity index (χ1) is 7.34. The quantitative estimate of drug-likeness (QED) is 0.796. The maximum Gasteiger partial charge on any atom is 0.0762 e. The normalized spacial score (nSPS) is 18.2. The van der Waals surface area contributed by atoms with Gasteiger partial charge in [-0.25, -0.2) is 0 Å². The van der Waals surface area contributed by atoms with Crippen LogP contribution in [-0.2, 0) is 6.54 Å². The second kappa shape index (κ2) is 5.31. The molecule has 1 aliphatic carbocycles. The van der Waals surface area contributed by atoms with E-state index in [-0.39, 0.29) is 0 Å². The van der Waals surface area contributed by atoms with Crippen molar-refractivity contribution < 1.29 is 0 Å². The predicted octanol–water partition coefficient (Wildman–Crippen LogP) is 2.39. The van der Waals surface area contributed by atoms with Gasteiger partial charge in [0.25, 0.3) is 0 Å². The molecule has 0 atom stereocenters. The van der Waals surface area contributed by atoms with Gasteiger partial charge >= 0.3 is 0 Å². The first kappa shape index (κ1) is 10.7. The van der Waals surface area contributed by atoms with E-state index in [4.69, 9.17) is 0 Å². The zero-order chi connectivity index (χ0) is 10.5. The molecule has 3 nitrogen and oxygen atoms in total. The number of hydrogen-bond acceptors (Lipinski definition) is 2. The fourth-order valence-corrected chi connectivity index (χ4v) is 2.36. The van der Waals surface area contributed by atoms with Crippen molar-refractivity contribution in [3.8, 4) is 0 Å². The summed E-state index contributed by atoms with van der Waals surface area (Å²) >= 11 is 0. The lowest BCUT2D eigenvalue weighted by Crippen LogP contribution is -2.24. The lowest BCUT2D eigenvalue weighted by molar-refractivity contribution is 0.341. The molecular weight excluding hydrogens is 186 g/mol. The van der Waals surface area contributed by atoms with Gasteiger partial charge in [0.15, 0.2) is 0 Å². The van der Waals surface area contributed by atoms with Crippen LogP contribution < -0.4 is 5.32 Å². The van der Waals surface area contributed by atoms with E-state index in [0.717, 1.165) is 30.4 Å². The summed E-state index contributed by atoms with van der Waals surface area (Å²) in [5.74, 6) is 0.902. The lowest BCUT2D eigenvalue weighted by atomic mass is 9.89. The van der Waals surface area contributed by atoms with Gasteiger partial charge in [-0.2, -0.15) is 5.10 Å². The number of nitrogens with zero attached hydrogens (tertiary/aromatic N) is 1. The summed E-state index contributed by atoms with van der Waals surface area (Å²) in [5, 5.41) is 10.7. The van der Waals surface area contributed by atoms with E-state index in [0.29, 0.717) is 0 Å². The molecule has 0 spiro atoms. The minimum absolute atomic E-state index is 0.902. The predicted molar refractivity (Wildman–Crippen MR) is 61.6 cm³/mol. The van der Waals surface area contributed by atoms with E-state index in [9.17, 15) is 0 Å². The summed E-state index contributed by atoms with van der Waals surface area (Å²) in [6, 6.07) is 2.11. The molecule has 1 heterocycles. The number of hydrogen-bond donors (Lipinski definition) is 2. The van der Waals surface area contributed by atoms with E-state index >= 15 is 0 Å². The van der Waals surface area contributed by atoms with Crippen LogP contribution in [0.5, 0.6) is 0 Å². The van der Waals surface area contributed by atoms with Crippen LogP contribution in [0.4, 0.5) is 0 Å². The Labute approximate surface area is 91.7 Å². The minimum Gasteiger partial charge on any atom is -0.311 e. The average molecular weight is 207 g/mol. The Hall–Kier alpha value is -0.830. The van der Waals surface area contributed by atoms with Gasteiger partial charge in [0, 0.05) is 12.2 Å². The van der Waals surface area contributed by atoms with Crippen LogP contribution in [0.25, 0.3) is 0 Å². The number of aromatic amines is 1. The molecule has 1 aliphatic rings. The van der Waals surface area contributed by atoms with Crippen LogP contribution in [0.3, 0.4) is 0 Å². The molecule has 0 aromatic carbocycles. The zero-order valence-electron chi connectivity index (χ0n) is 9.55. The highest BCUT2D eigenvalue weighted by atomic mass is 15.1. The molecule has 84 valence electrons.